The first-order valence-corrected chi connectivity index (χ1v) is 14.1. The predicted octanol–water partition coefficient (Wildman–Crippen LogP) is 6.46. The zero-order chi connectivity index (χ0) is 23.5. The normalized spacial score (nSPS) is 13.3. The Balaban J connectivity index is 1.81. The van der Waals surface area contributed by atoms with Crippen molar-refractivity contribution in [2.45, 2.75) is 116 Å². The van der Waals surface area contributed by atoms with E-state index in [9.17, 15) is 13.2 Å². The highest BCUT2D eigenvalue weighted by molar-refractivity contribution is 7.90. The summed E-state index contributed by atoms with van der Waals surface area (Å²) < 4.78 is 25.9. The first-order chi connectivity index (χ1) is 15.4. The van der Waals surface area contributed by atoms with Crippen molar-refractivity contribution in [3.63, 3.8) is 0 Å². The number of carbonyl (C=O) groups excluding carboxylic acids is 1. The Morgan fingerprint density at radius 2 is 1.38 bits per heavy atom. The highest BCUT2D eigenvalue weighted by Gasteiger charge is 2.13. The molecule has 0 spiro atoms. The zero-order valence-electron chi connectivity index (χ0n) is 20.1. The van der Waals surface area contributed by atoms with E-state index >= 15 is 0 Å². The summed E-state index contributed by atoms with van der Waals surface area (Å²) in [5.74, 6) is -0.395. The van der Waals surface area contributed by atoms with E-state index in [2.05, 4.69) is 26.7 Å². The van der Waals surface area contributed by atoms with Crippen LogP contribution in [0, 0.1) is 0 Å². The third kappa shape index (κ3) is 17.0. The number of unbranched alkanes of at least 4 members (excludes halogenated alkanes) is 12. The van der Waals surface area contributed by atoms with E-state index in [1.807, 2.05) is 6.92 Å². The van der Waals surface area contributed by atoms with Crippen LogP contribution in [0.1, 0.15) is 116 Å². The summed E-state index contributed by atoms with van der Waals surface area (Å²) in [7, 11) is -3.50. The van der Waals surface area contributed by atoms with E-state index in [1.165, 1.54) is 64.2 Å². The number of amides is 1. The van der Waals surface area contributed by atoms with E-state index in [0.717, 1.165) is 37.0 Å². The molecule has 184 valence electrons. The van der Waals surface area contributed by atoms with Crippen molar-refractivity contribution in [3.8, 4) is 0 Å². The molecule has 7 nitrogen and oxygen atoms in total. The minimum atomic E-state index is -3.50. The van der Waals surface area contributed by atoms with Gasteiger partial charge in [-0.1, -0.05) is 76.2 Å². The van der Waals surface area contributed by atoms with Crippen LogP contribution in [-0.2, 0) is 14.8 Å². The van der Waals surface area contributed by atoms with Crippen LogP contribution < -0.4 is 4.72 Å². The fraction of sp³-hybridized carbons (Fsp3) is 0.833. The molecule has 1 heterocycles. The Labute approximate surface area is 195 Å². The van der Waals surface area contributed by atoms with Crippen LogP contribution >= 0.6 is 0 Å². The molecule has 0 fully saturated rings. The maximum absolute atomic E-state index is 11.8. The summed E-state index contributed by atoms with van der Waals surface area (Å²) in [6.45, 7) is 6.34. The average molecular weight is 469 g/mol. The van der Waals surface area contributed by atoms with Gasteiger partial charge in [-0.3, -0.25) is 9.52 Å². The predicted molar refractivity (Wildman–Crippen MR) is 132 cm³/mol. The molecule has 0 radical (unpaired) electrons. The number of allylic oxidation sites excluding steroid dienone is 1. The highest BCUT2D eigenvalue weighted by Crippen LogP contribution is 2.14. The first kappa shape index (κ1) is 28.5. The molecule has 1 N–H and O–H groups in total. The fourth-order valence-corrected chi connectivity index (χ4v) is 4.84. The minimum absolute atomic E-state index is 0.0183. The van der Waals surface area contributed by atoms with Gasteiger partial charge in [0.15, 0.2) is 0 Å². The van der Waals surface area contributed by atoms with Gasteiger partial charge in [0.2, 0.25) is 15.9 Å². The molecule has 0 aromatic heterocycles. The minimum Gasteiger partial charge on any atom is -0.274 e. The molecule has 1 aliphatic heterocycles. The summed E-state index contributed by atoms with van der Waals surface area (Å²) in [5, 5.41) is 11.5. The van der Waals surface area contributed by atoms with Crippen LogP contribution in [0.4, 0.5) is 0 Å². The molecule has 0 aliphatic carbocycles. The smallest absolute Gasteiger partial charge is 0.234 e. The van der Waals surface area contributed by atoms with Crippen molar-refractivity contribution in [2.24, 2.45) is 15.4 Å². The molecular formula is C24H44N4O3S. The number of hydrogen-bond acceptors (Lipinski definition) is 6. The number of carbonyl (C=O) groups is 1. The molecule has 0 unspecified atom stereocenters. The summed E-state index contributed by atoms with van der Waals surface area (Å²) in [6, 6.07) is 0. The number of nitrogens with one attached hydrogen (secondary N) is 1. The van der Waals surface area contributed by atoms with Crippen molar-refractivity contribution in [1.29, 1.82) is 0 Å². The third-order valence-corrected chi connectivity index (χ3v) is 7.02. The Morgan fingerprint density at radius 1 is 0.844 bits per heavy atom. The summed E-state index contributed by atoms with van der Waals surface area (Å²) >= 11 is 0. The molecule has 32 heavy (non-hydrogen) atoms. The van der Waals surface area contributed by atoms with Crippen molar-refractivity contribution >= 4 is 21.6 Å². The molecule has 0 saturated heterocycles. The maximum Gasteiger partial charge on any atom is 0.234 e. The van der Waals surface area contributed by atoms with E-state index in [0.29, 0.717) is 25.8 Å². The fourth-order valence-electron chi connectivity index (χ4n) is 3.77. The van der Waals surface area contributed by atoms with Gasteiger partial charge in [-0.25, -0.2) is 8.42 Å². The molecule has 0 bridgehead atoms. The van der Waals surface area contributed by atoms with E-state index in [1.54, 1.807) is 0 Å². The molecule has 0 atom stereocenters. The molecule has 0 aromatic carbocycles. The summed E-state index contributed by atoms with van der Waals surface area (Å²) in [5.41, 5.74) is 2.09. The maximum atomic E-state index is 11.8. The van der Waals surface area contributed by atoms with Crippen LogP contribution in [0.2, 0.25) is 0 Å². The van der Waals surface area contributed by atoms with Gasteiger partial charge in [0, 0.05) is 6.42 Å². The Morgan fingerprint density at radius 3 is 1.88 bits per heavy atom. The first-order valence-electron chi connectivity index (χ1n) is 12.5. The number of sulfonamides is 1. The molecule has 1 rings (SSSR count). The highest BCUT2D eigenvalue weighted by atomic mass is 32.2. The summed E-state index contributed by atoms with van der Waals surface area (Å²) in [6.07, 6.45) is 18.2. The van der Waals surface area contributed by atoms with Crippen molar-refractivity contribution in [3.05, 3.63) is 12.2 Å². The van der Waals surface area contributed by atoms with Crippen molar-refractivity contribution in [1.82, 2.24) is 4.72 Å². The zero-order valence-corrected chi connectivity index (χ0v) is 20.9. The third-order valence-electron chi connectivity index (χ3n) is 5.66. The second kappa shape index (κ2) is 17.9. The molecule has 0 saturated carbocycles. The quantitative estimate of drug-likeness (QED) is 0.154. The van der Waals surface area contributed by atoms with Gasteiger partial charge in [-0.15, -0.1) is 11.7 Å². The van der Waals surface area contributed by atoms with E-state index in [-0.39, 0.29) is 11.7 Å². The van der Waals surface area contributed by atoms with Gasteiger partial charge in [0.25, 0.3) is 0 Å². The molecular weight excluding hydrogens is 424 g/mol. The molecule has 1 aliphatic rings. The summed E-state index contributed by atoms with van der Waals surface area (Å²) in [4.78, 5) is 11.8. The van der Waals surface area contributed by atoms with Gasteiger partial charge >= 0.3 is 0 Å². The average Bonchev–Trinajstić information content (AvgIpc) is 3.23. The van der Waals surface area contributed by atoms with Gasteiger partial charge in [-0.05, 0) is 44.3 Å². The van der Waals surface area contributed by atoms with Crippen LogP contribution in [0.5, 0.6) is 0 Å². The van der Waals surface area contributed by atoms with Gasteiger partial charge in [-0.2, -0.15) is 5.11 Å². The second-order valence-electron chi connectivity index (χ2n) is 9.06. The van der Waals surface area contributed by atoms with Crippen molar-refractivity contribution < 1.29 is 13.2 Å². The van der Waals surface area contributed by atoms with E-state index in [4.69, 9.17) is 0 Å². The lowest BCUT2D eigenvalue weighted by atomic mass is 10.0. The van der Waals surface area contributed by atoms with Gasteiger partial charge in [0.05, 0.1) is 11.5 Å². The molecule has 0 aromatic rings. The Bertz CT molecular complexity index is 702. The molecule has 1 amide bonds. The monoisotopic (exact) mass is 468 g/mol. The molecule has 8 heteroatoms. The van der Waals surface area contributed by atoms with Crippen LogP contribution in [-0.4, -0.2) is 32.3 Å². The van der Waals surface area contributed by atoms with Crippen LogP contribution in [0.15, 0.2) is 27.6 Å². The van der Waals surface area contributed by atoms with Gasteiger partial charge in [0.1, 0.15) is 6.54 Å². The number of hydrogen-bond donors (Lipinski definition) is 1. The lowest BCUT2D eigenvalue weighted by molar-refractivity contribution is -0.119. The van der Waals surface area contributed by atoms with Crippen molar-refractivity contribution in [2.75, 3.05) is 12.3 Å². The number of nitrogens with zero attached hydrogens (tertiary/aromatic N) is 3. The Hall–Kier alpha value is -1.57. The SMILES string of the molecule is C=C(C)CCCS(=O)(=O)NC(=O)CCCCCCCCCCCCCCCC1=NN=NC1. The topological polar surface area (TPSA) is 100 Å². The number of rotatable bonds is 21. The lowest BCUT2D eigenvalue weighted by Gasteiger charge is -2.07. The lowest BCUT2D eigenvalue weighted by Crippen LogP contribution is -2.32. The van der Waals surface area contributed by atoms with E-state index < -0.39 is 10.0 Å². The van der Waals surface area contributed by atoms with Crippen LogP contribution in [0.25, 0.3) is 0 Å². The largest absolute Gasteiger partial charge is 0.274 e. The van der Waals surface area contributed by atoms with Gasteiger partial charge < -0.3 is 0 Å². The van der Waals surface area contributed by atoms with Crippen LogP contribution in [0.3, 0.4) is 0 Å². The Kier molecular flexibility index (Phi) is 15.9. The second-order valence-corrected chi connectivity index (χ2v) is 10.9. The standard InChI is InChI=1S/C24H44N4O3S/c1-22(2)17-16-20-32(30,31)27-24(29)19-15-13-11-9-7-5-3-4-6-8-10-12-14-18-23-21-25-28-26-23/h1,3-21H2,2H3,(H,27,29).